The number of anilines is 1. The van der Waals surface area contributed by atoms with Gasteiger partial charge in [0.05, 0.1) is 17.9 Å². The van der Waals surface area contributed by atoms with E-state index in [1.165, 1.54) is 11.3 Å². The first-order chi connectivity index (χ1) is 15.1. The third-order valence-corrected chi connectivity index (χ3v) is 6.65. The Labute approximate surface area is 187 Å². The number of esters is 1. The number of carbonyl (C=O) groups excluding carboxylic acids is 2. The number of fused-ring (bicyclic) bond motifs is 1. The molecule has 2 aromatic heterocycles. The van der Waals surface area contributed by atoms with Crippen LogP contribution >= 0.6 is 23.1 Å². The van der Waals surface area contributed by atoms with Crippen molar-refractivity contribution in [2.45, 2.75) is 31.4 Å². The number of hydrogen-bond acceptors (Lipinski definition) is 8. The SMILES string of the molecule is CCOC(=O)c1c(NC(=O)CSc2nnc(C=Cc3ccccc3)o2)sc2c1CCC2. The van der Waals surface area contributed by atoms with Gasteiger partial charge in [0.2, 0.25) is 11.8 Å². The minimum atomic E-state index is -0.378. The third kappa shape index (κ3) is 5.23. The number of carbonyl (C=O) groups is 2. The first-order valence-electron chi connectivity index (χ1n) is 9.95. The zero-order valence-corrected chi connectivity index (χ0v) is 18.6. The molecule has 0 fully saturated rings. The topological polar surface area (TPSA) is 94.3 Å². The summed E-state index contributed by atoms with van der Waals surface area (Å²) >= 11 is 2.61. The fourth-order valence-electron chi connectivity index (χ4n) is 3.28. The molecule has 160 valence electrons. The van der Waals surface area contributed by atoms with Gasteiger partial charge in [0, 0.05) is 11.0 Å². The molecule has 0 spiro atoms. The van der Waals surface area contributed by atoms with Gasteiger partial charge in [0.25, 0.3) is 5.22 Å². The van der Waals surface area contributed by atoms with Gasteiger partial charge in [-0.25, -0.2) is 4.79 Å². The van der Waals surface area contributed by atoms with Gasteiger partial charge in [0.15, 0.2) is 0 Å². The van der Waals surface area contributed by atoms with E-state index in [0.29, 0.717) is 28.3 Å². The predicted octanol–water partition coefficient (Wildman–Crippen LogP) is 4.70. The first kappa shape index (κ1) is 21.3. The minimum absolute atomic E-state index is 0.0921. The number of thiophene rings is 1. The molecule has 0 radical (unpaired) electrons. The van der Waals surface area contributed by atoms with Gasteiger partial charge in [-0.3, -0.25) is 4.79 Å². The number of hydrogen-bond donors (Lipinski definition) is 1. The second kappa shape index (κ2) is 9.93. The highest BCUT2D eigenvalue weighted by atomic mass is 32.2. The maximum atomic E-state index is 12.5. The number of nitrogens with zero attached hydrogens (tertiary/aromatic N) is 2. The summed E-state index contributed by atoms with van der Waals surface area (Å²) in [6, 6.07) is 9.78. The summed E-state index contributed by atoms with van der Waals surface area (Å²) in [6.07, 6.45) is 6.40. The Morgan fingerprint density at radius 2 is 2.06 bits per heavy atom. The number of nitrogens with one attached hydrogen (secondary N) is 1. The predicted molar refractivity (Wildman–Crippen MR) is 121 cm³/mol. The van der Waals surface area contributed by atoms with E-state index in [1.807, 2.05) is 36.4 Å². The molecule has 3 aromatic rings. The molecule has 1 N–H and O–H groups in total. The van der Waals surface area contributed by atoms with E-state index in [1.54, 1.807) is 13.0 Å². The van der Waals surface area contributed by atoms with Crippen LogP contribution in [-0.2, 0) is 22.4 Å². The lowest BCUT2D eigenvalue weighted by atomic mass is 10.1. The van der Waals surface area contributed by atoms with Crippen LogP contribution in [0.3, 0.4) is 0 Å². The Bertz CT molecular complexity index is 1110. The number of rotatable bonds is 8. The van der Waals surface area contributed by atoms with E-state index < -0.39 is 0 Å². The molecule has 1 aliphatic carbocycles. The zero-order chi connectivity index (χ0) is 21.6. The molecule has 1 amide bonds. The van der Waals surface area contributed by atoms with E-state index in [0.717, 1.165) is 47.0 Å². The molecule has 9 heteroatoms. The van der Waals surface area contributed by atoms with Crippen LogP contribution in [0.4, 0.5) is 5.00 Å². The molecule has 2 heterocycles. The normalized spacial score (nSPS) is 12.8. The Kier molecular flexibility index (Phi) is 6.83. The summed E-state index contributed by atoms with van der Waals surface area (Å²) in [4.78, 5) is 26.0. The quantitative estimate of drug-likeness (QED) is 0.389. The summed E-state index contributed by atoms with van der Waals surface area (Å²) in [6.45, 7) is 2.07. The van der Waals surface area contributed by atoms with E-state index in [2.05, 4.69) is 15.5 Å². The fraction of sp³-hybridized carbons (Fsp3) is 0.273. The van der Waals surface area contributed by atoms with Gasteiger partial charge in [-0.2, -0.15) is 0 Å². The summed E-state index contributed by atoms with van der Waals surface area (Å²) < 4.78 is 10.7. The van der Waals surface area contributed by atoms with Crippen molar-refractivity contribution in [3.05, 3.63) is 57.8 Å². The van der Waals surface area contributed by atoms with Crippen molar-refractivity contribution >= 4 is 52.1 Å². The van der Waals surface area contributed by atoms with Crippen molar-refractivity contribution in [1.82, 2.24) is 10.2 Å². The Balaban J connectivity index is 1.36. The van der Waals surface area contributed by atoms with Crippen molar-refractivity contribution in [3.8, 4) is 0 Å². The van der Waals surface area contributed by atoms with Gasteiger partial charge in [-0.05, 0) is 43.4 Å². The van der Waals surface area contributed by atoms with Crippen LogP contribution in [0.2, 0.25) is 0 Å². The molecule has 0 unspecified atom stereocenters. The van der Waals surface area contributed by atoms with Crippen LogP contribution in [0.5, 0.6) is 0 Å². The number of ether oxygens (including phenoxy) is 1. The summed E-state index contributed by atoms with van der Waals surface area (Å²) in [5.41, 5.74) is 2.54. The molecule has 0 atom stereocenters. The highest BCUT2D eigenvalue weighted by Crippen LogP contribution is 2.39. The largest absolute Gasteiger partial charge is 0.462 e. The highest BCUT2D eigenvalue weighted by Gasteiger charge is 2.28. The number of amides is 1. The summed E-state index contributed by atoms with van der Waals surface area (Å²) in [5.74, 6) is -0.160. The number of aryl methyl sites for hydroxylation is 1. The maximum absolute atomic E-state index is 12.5. The van der Waals surface area contributed by atoms with E-state index in [-0.39, 0.29) is 17.6 Å². The molecule has 0 saturated carbocycles. The fourth-order valence-corrected chi connectivity index (χ4v) is 5.14. The van der Waals surface area contributed by atoms with Gasteiger partial charge >= 0.3 is 5.97 Å². The van der Waals surface area contributed by atoms with Crippen LogP contribution in [-0.4, -0.2) is 34.4 Å². The average Bonchev–Trinajstić information content (AvgIpc) is 3.48. The van der Waals surface area contributed by atoms with E-state index in [9.17, 15) is 9.59 Å². The van der Waals surface area contributed by atoms with Crippen molar-refractivity contribution in [3.63, 3.8) is 0 Å². The monoisotopic (exact) mass is 455 g/mol. The van der Waals surface area contributed by atoms with Crippen molar-refractivity contribution in [1.29, 1.82) is 0 Å². The Morgan fingerprint density at radius 3 is 2.87 bits per heavy atom. The summed E-state index contributed by atoms with van der Waals surface area (Å²) in [5, 5.41) is 11.7. The Hall–Kier alpha value is -2.91. The average molecular weight is 456 g/mol. The minimum Gasteiger partial charge on any atom is -0.462 e. The van der Waals surface area contributed by atoms with E-state index in [4.69, 9.17) is 9.15 Å². The molecule has 1 aromatic carbocycles. The highest BCUT2D eigenvalue weighted by molar-refractivity contribution is 7.99. The smallest absolute Gasteiger partial charge is 0.341 e. The van der Waals surface area contributed by atoms with Gasteiger partial charge in [-0.1, -0.05) is 42.1 Å². The molecule has 0 saturated heterocycles. The zero-order valence-electron chi connectivity index (χ0n) is 16.9. The van der Waals surface area contributed by atoms with Gasteiger partial charge in [-0.15, -0.1) is 21.5 Å². The number of aromatic nitrogens is 2. The standard InChI is InChI=1S/C22H21N3O4S2/c1-2-28-21(27)19-15-9-6-10-16(15)31-20(19)23-17(26)13-30-22-25-24-18(29-22)12-11-14-7-4-3-5-8-14/h3-5,7-8,11-12H,2,6,9-10,13H2,1H3,(H,23,26). The van der Waals surface area contributed by atoms with Crippen LogP contribution in [0.25, 0.3) is 12.2 Å². The lowest BCUT2D eigenvalue weighted by molar-refractivity contribution is -0.113. The molecule has 0 aliphatic heterocycles. The second-order valence-corrected chi connectivity index (χ2v) is 8.80. The molecule has 0 bridgehead atoms. The van der Waals surface area contributed by atoms with E-state index >= 15 is 0 Å². The molecular formula is C22H21N3O4S2. The van der Waals surface area contributed by atoms with Crippen LogP contribution in [0.15, 0.2) is 40.0 Å². The van der Waals surface area contributed by atoms with Crippen molar-refractivity contribution in [2.24, 2.45) is 0 Å². The third-order valence-electron chi connectivity index (χ3n) is 4.62. The van der Waals surface area contributed by atoms with Crippen molar-refractivity contribution in [2.75, 3.05) is 17.7 Å². The van der Waals surface area contributed by atoms with Crippen LogP contribution < -0.4 is 5.32 Å². The molecule has 31 heavy (non-hydrogen) atoms. The summed E-state index contributed by atoms with van der Waals surface area (Å²) in [7, 11) is 0. The lowest BCUT2D eigenvalue weighted by Gasteiger charge is -2.07. The number of thioether (sulfide) groups is 1. The number of benzene rings is 1. The molecular weight excluding hydrogens is 434 g/mol. The molecule has 4 rings (SSSR count). The molecule has 1 aliphatic rings. The van der Waals surface area contributed by atoms with Gasteiger partial charge in [0.1, 0.15) is 5.00 Å². The van der Waals surface area contributed by atoms with Crippen LogP contribution in [0.1, 0.15) is 45.6 Å². The molecule has 7 nitrogen and oxygen atoms in total. The van der Waals surface area contributed by atoms with Crippen LogP contribution in [0, 0.1) is 0 Å². The lowest BCUT2D eigenvalue weighted by Crippen LogP contribution is -2.16. The van der Waals surface area contributed by atoms with Gasteiger partial charge < -0.3 is 14.5 Å². The first-order valence-corrected chi connectivity index (χ1v) is 11.7. The maximum Gasteiger partial charge on any atom is 0.341 e. The van der Waals surface area contributed by atoms with Crippen molar-refractivity contribution < 1.29 is 18.7 Å². The second-order valence-electron chi connectivity index (χ2n) is 6.77. The Morgan fingerprint density at radius 1 is 1.23 bits per heavy atom.